The van der Waals surface area contributed by atoms with Crippen molar-refractivity contribution in [1.82, 2.24) is 20.2 Å². The number of aromatic amines is 1. The number of nitrogens with zero attached hydrogens (tertiary/aromatic N) is 2. The molecule has 6 N–H and O–H groups in total. The van der Waals surface area contributed by atoms with Gasteiger partial charge in [0.2, 0.25) is 11.8 Å². The number of carbonyl (C=O) groups excluding carboxylic acids is 4. The topological polar surface area (TPSA) is 172 Å². The Bertz CT molecular complexity index is 1700. The van der Waals surface area contributed by atoms with Gasteiger partial charge in [0.25, 0.3) is 5.91 Å². The molecule has 1 atom stereocenters. The Morgan fingerprint density at radius 1 is 0.978 bits per heavy atom. The van der Waals surface area contributed by atoms with Crippen LogP contribution in [0.3, 0.4) is 0 Å². The molecule has 13 heteroatoms. The van der Waals surface area contributed by atoms with E-state index in [1.165, 1.54) is 12.3 Å². The molecule has 4 aromatic rings. The number of urea groups is 1. The number of amides is 5. The average Bonchev–Trinajstić information content (AvgIpc) is 3.53. The van der Waals surface area contributed by atoms with E-state index < -0.39 is 29.7 Å². The molecule has 2 aromatic heterocycles. The summed E-state index contributed by atoms with van der Waals surface area (Å²) in [5.74, 6) is -0.916. The first-order valence-electron chi connectivity index (χ1n) is 14.7. The minimum absolute atomic E-state index is 0.0448. The van der Waals surface area contributed by atoms with Crippen molar-refractivity contribution in [3.8, 4) is 22.9 Å². The summed E-state index contributed by atoms with van der Waals surface area (Å²) >= 11 is 0. The van der Waals surface area contributed by atoms with Gasteiger partial charge in [-0.1, -0.05) is 6.07 Å². The van der Waals surface area contributed by atoms with Gasteiger partial charge in [-0.05, 0) is 81.3 Å². The predicted molar refractivity (Wildman–Crippen MR) is 172 cm³/mol. The summed E-state index contributed by atoms with van der Waals surface area (Å²) in [5.41, 5.74) is 7.96. The molecular formula is C33H36FN7O5. The monoisotopic (exact) mass is 629 g/mol. The summed E-state index contributed by atoms with van der Waals surface area (Å²) in [6, 6.07) is 14.5. The minimum Gasteiger partial charge on any atom is -0.457 e. The molecule has 2 aromatic carbocycles. The number of carbonyl (C=O) groups is 4. The fourth-order valence-corrected chi connectivity index (χ4v) is 4.60. The Balaban J connectivity index is 1.38. The van der Waals surface area contributed by atoms with Gasteiger partial charge >= 0.3 is 6.03 Å². The van der Waals surface area contributed by atoms with Gasteiger partial charge in [-0.15, -0.1) is 0 Å². The molecule has 0 spiro atoms. The van der Waals surface area contributed by atoms with Crippen LogP contribution in [0.25, 0.3) is 11.4 Å². The number of hydrogen-bond acceptors (Lipinski definition) is 6. The number of hydrogen-bond donors (Lipinski definition) is 5. The lowest BCUT2D eigenvalue weighted by atomic mass is 10.1. The minimum atomic E-state index is -0.903. The molecule has 12 nitrogen and oxygen atoms in total. The van der Waals surface area contributed by atoms with E-state index in [1.807, 2.05) is 13.8 Å². The van der Waals surface area contributed by atoms with E-state index in [0.29, 0.717) is 41.7 Å². The summed E-state index contributed by atoms with van der Waals surface area (Å²) in [6.07, 6.45) is 3.10. The number of aryl methyl sites for hydroxylation is 1. The Kier molecular flexibility index (Phi) is 11.1. The molecule has 5 amide bonds. The van der Waals surface area contributed by atoms with Crippen LogP contribution in [0.1, 0.15) is 42.6 Å². The van der Waals surface area contributed by atoms with Crippen LogP contribution in [0.5, 0.6) is 11.5 Å². The molecule has 0 saturated heterocycles. The lowest BCUT2D eigenvalue weighted by Crippen LogP contribution is -2.48. The third-order valence-electron chi connectivity index (χ3n) is 7.03. The number of nitrogens with two attached hydrogens (primary N) is 1. The van der Waals surface area contributed by atoms with Crippen LogP contribution < -0.4 is 26.4 Å². The number of H-pyrrole nitrogens is 1. The van der Waals surface area contributed by atoms with Gasteiger partial charge in [0.05, 0.1) is 22.6 Å². The standard InChI is InChI=1S/C33H36FN7O5/c1-4-41(5-2)32(44)26(12-13-30(35)42)39-31(43)21-17-28(37-19-21)29-18-24(14-15-36-29)46-23-9-7-22(8-10-23)38-33(45)40-27-16-20(3)6-11-25(27)34/h6-11,14-19,26,37H,4-5,12-13H2,1-3H3,(H2,35,42)(H,39,43)(H2,38,40,45). The zero-order valence-corrected chi connectivity index (χ0v) is 25.7. The first kappa shape index (κ1) is 33.2. The van der Waals surface area contributed by atoms with Crippen molar-refractivity contribution in [2.24, 2.45) is 5.73 Å². The molecular weight excluding hydrogens is 593 g/mol. The van der Waals surface area contributed by atoms with Crippen LogP contribution in [-0.2, 0) is 9.59 Å². The Morgan fingerprint density at radius 2 is 1.72 bits per heavy atom. The normalized spacial score (nSPS) is 11.3. The lowest BCUT2D eigenvalue weighted by Gasteiger charge is -2.25. The zero-order chi connectivity index (χ0) is 33.2. The van der Waals surface area contributed by atoms with E-state index in [1.54, 1.807) is 72.6 Å². The van der Waals surface area contributed by atoms with Crippen molar-refractivity contribution in [1.29, 1.82) is 0 Å². The SMILES string of the molecule is CCN(CC)C(=O)C(CCC(N)=O)NC(=O)c1c[nH]c(-c2cc(Oc3ccc(NC(=O)Nc4cc(C)ccc4F)cc3)ccn2)c1. The molecule has 0 aliphatic carbocycles. The van der Waals surface area contributed by atoms with Gasteiger partial charge in [0, 0.05) is 43.7 Å². The number of aromatic nitrogens is 2. The maximum atomic E-state index is 14.0. The van der Waals surface area contributed by atoms with Crippen LogP contribution in [0.2, 0.25) is 0 Å². The predicted octanol–water partition coefficient (Wildman–Crippen LogP) is 5.19. The van der Waals surface area contributed by atoms with Crippen molar-refractivity contribution in [2.75, 3.05) is 23.7 Å². The van der Waals surface area contributed by atoms with Crippen molar-refractivity contribution >= 4 is 35.1 Å². The highest BCUT2D eigenvalue weighted by molar-refractivity contribution is 6.00. The van der Waals surface area contributed by atoms with E-state index in [0.717, 1.165) is 5.56 Å². The zero-order valence-electron chi connectivity index (χ0n) is 25.7. The number of nitrogens with one attached hydrogen (secondary N) is 4. The van der Waals surface area contributed by atoms with Crippen molar-refractivity contribution in [3.63, 3.8) is 0 Å². The second-order valence-electron chi connectivity index (χ2n) is 10.4. The average molecular weight is 630 g/mol. The Morgan fingerprint density at radius 3 is 2.41 bits per heavy atom. The number of rotatable bonds is 13. The van der Waals surface area contributed by atoms with Crippen LogP contribution in [0.15, 0.2) is 73.1 Å². The van der Waals surface area contributed by atoms with Crippen molar-refractivity contribution < 1.29 is 28.3 Å². The maximum absolute atomic E-state index is 14.0. The number of primary amides is 1. The number of pyridine rings is 1. The Labute approximate surface area is 265 Å². The molecule has 240 valence electrons. The molecule has 0 aliphatic rings. The molecule has 46 heavy (non-hydrogen) atoms. The second-order valence-corrected chi connectivity index (χ2v) is 10.4. The molecule has 2 heterocycles. The van der Waals surface area contributed by atoms with Crippen LogP contribution >= 0.6 is 0 Å². The first-order valence-corrected chi connectivity index (χ1v) is 14.7. The molecule has 4 rings (SSSR count). The quantitative estimate of drug-likeness (QED) is 0.136. The largest absolute Gasteiger partial charge is 0.457 e. The number of anilines is 2. The number of halogens is 1. The molecule has 1 unspecified atom stereocenters. The van der Waals surface area contributed by atoms with Gasteiger partial charge in [-0.25, -0.2) is 9.18 Å². The second kappa shape index (κ2) is 15.3. The van der Waals surface area contributed by atoms with Gasteiger partial charge in [0.15, 0.2) is 0 Å². The van der Waals surface area contributed by atoms with Crippen molar-refractivity contribution in [3.05, 3.63) is 90.0 Å². The summed E-state index contributed by atoms with van der Waals surface area (Å²) in [7, 11) is 0. The Hall–Kier alpha value is -5.72. The molecule has 0 bridgehead atoms. The van der Waals surface area contributed by atoms with Crippen LogP contribution in [0.4, 0.5) is 20.6 Å². The highest BCUT2D eigenvalue weighted by Gasteiger charge is 2.26. The van der Waals surface area contributed by atoms with Gasteiger partial charge in [0.1, 0.15) is 23.4 Å². The van der Waals surface area contributed by atoms with Gasteiger partial charge in [-0.2, -0.15) is 0 Å². The lowest BCUT2D eigenvalue weighted by molar-refractivity contribution is -0.133. The van der Waals surface area contributed by atoms with E-state index in [9.17, 15) is 23.6 Å². The summed E-state index contributed by atoms with van der Waals surface area (Å²) in [4.78, 5) is 58.7. The molecule has 0 aliphatic heterocycles. The molecule has 0 radical (unpaired) electrons. The molecule has 0 saturated carbocycles. The fraction of sp³-hybridized carbons (Fsp3) is 0.242. The fourth-order valence-electron chi connectivity index (χ4n) is 4.60. The van der Waals surface area contributed by atoms with Gasteiger partial charge in [-0.3, -0.25) is 19.4 Å². The summed E-state index contributed by atoms with van der Waals surface area (Å²) in [6.45, 7) is 6.40. The van der Waals surface area contributed by atoms with Crippen molar-refractivity contribution in [2.45, 2.75) is 39.7 Å². The smallest absolute Gasteiger partial charge is 0.323 e. The van der Waals surface area contributed by atoms with Crippen LogP contribution in [-0.4, -0.2) is 57.8 Å². The highest BCUT2D eigenvalue weighted by atomic mass is 19.1. The van der Waals surface area contributed by atoms with E-state index in [2.05, 4.69) is 25.9 Å². The third-order valence-corrected chi connectivity index (χ3v) is 7.03. The van der Waals surface area contributed by atoms with Gasteiger partial charge < -0.3 is 36.3 Å². The van der Waals surface area contributed by atoms with E-state index >= 15 is 0 Å². The highest BCUT2D eigenvalue weighted by Crippen LogP contribution is 2.27. The van der Waals surface area contributed by atoms with E-state index in [4.69, 9.17) is 10.5 Å². The first-order chi connectivity index (χ1) is 22.1. The summed E-state index contributed by atoms with van der Waals surface area (Å²) < 4.78 is 19.9. The number of likely N-dealkylation sites (N-methyl/N-ethyl adjacent to an activating group) is 1. The maximum Gasteiger partial charge on any atom is 0.323 e. The van der Waals surface area contributed by atoms with E-state index in [-0.39, 0.29) is 30.0 Å². The summed E-state index contributed by atoms with van der Waals surface area (Å²) in [5, 5.41) is 7.87. The van der Waals surface area contributed by atoms with Crippen LogP contribution in [0, 0.1) is 12.7 Å². The third kappa shape index (κ3) is 8.91. The molecule has 0 fully saturated rings. The number of benzene rings is 2. The number of ether oxygens (including phenoxy) is 1.